The van der Waals surface area contributed by atoms with Crippen LogP contribution in [0.25, 0.3) is 0 Å². The topological polar surface area (TPSA) is 122 Å². The summed E-state index contributed by atoms with van der Waals surface area (Å²) in [7, 11) is -4.48. The molecular weight excluding hydrogens is 186 g/mol. The van der Waals surface area contributed by atoms with Crippen LogP contribution in [0.1, 0.15) is 13.3 Å². The average Bonchev–Trinajstić information content (AvgIpc) is 1.85. The number of carbonyl (C=O) groups excluding carboxylic acids is 1. The Kier molecular flexibility index (Phi) is 4.10. The van der Waals surface area contributed by atoms with Gasteiger partial charge in [-0.2, -0.15) is 8.42 Å². The van der Waals surface area contributed by atoms with Gasteiger partial charge in [0.05, 0.1) is 0 Å². The lowest BCUT2D eigenvalue weighted by atomic mass is 10.2. The first-order chi connectivity index (χ1) is 5.40. The second-order valence-electron chi connectivity index (χ2n) is 2.07. The molecule has 0 rings (SSSR count). The standard InChI is InChI=1S/C4H11N3O4S/c1-2-3(6-5)4(8)7-12(9,10)11/h3,6H,2,5H2,1H3,(H,7,8)(H,9,10,11). The van der Waals surface area contributed by atoms with Crippen LogP contribution in [0.4, 0.5) is 0 Å². The molecule has 0 aliphatic rings. The van der Waals surface area contributed by atoms with Crippen LogP contribution >= 0.6 is 0 Å². The first-order valence-electron chi connectivity index (χ1n) is 3.16. The Labute approximate surface area is 70.2 Å². The molecule has 12 heavy (non-hydrogen) atoms. The van der Waals surface area contributed by atoms with E-state index in [2.05, 4.69) is 5.43 Å². The Hall–Kier alpha value is -0.700. The quantitative estimate of drug-likeness (QED) is 0.238. The molecule has 72 valence electrons. The van der Waals surface area contributed by atoms with Crippen LogP contribution in [-0.2, 0) is 15.1 Å². The fourth-order valence-corrected chi connectivity index (χ4v) is 0.974. The Morgan fingerprint density at radius 1 is 1.67 bits per heavy atom. The minimum Gasteiger partial charge on any atom is -0.272 e. The van der Waals surface area contributed by atoms with Crippen LogP contribution in [-0.4, -0.2) is 24.9 Å². The summed E-state index contributed by atoms with van der Waals surface area (Å²) < 4.78 is 29.8. The maximum absolute atomic E-state index is 10.8. The Morgan fingerprint density at radius 3 is 2.42 bits per heavy atom. The van der Waals surface area contributed by atoms with Gasteiger partial charge >= 0.3 is 10.3 Å². The summed E-state index contributed by atoms with van der Waals surface area (Å²) in [4.78, 5) is 10.8. The fourth-order valence-electron chi connectivity index (χ4n) is 0.577. The molecule has 1 amide bonds. The van der Waals surface area contributed by atoms with Crippen LogP contribution in [0, 0.1) is 0 Å². The van der Waals surface area contributed by atoms with E-state index in [1.807, 2.05) is 0 Å². The van der Waals surface area contributed by atoms with Gasteiger partial charge in [-0.05, 0) is 6.42 Å². The van der Waals surface area contributed by atoms with Crippen molar-refractivity contribution >= 4 is 16.2 Å². The smallest absolute Gasteiger partial charge is 0.272 e. The van der Waals surface area contributed by atoms with E-state index in [1.54, 1.807) is 6.92 Å². The molecule has 0 saturated carbocycles. The zero-order chi connectivity index (χ0) is 9.78. The molecule has 0 aromatic rings. The first-order valence-corrected chi connectivity index (χ1v) is 4.60. The lowest BCUT2D eigenvalue weighted by molar-refractivity contribution is -0.121. The summed E-state index contributed by atoms with van der Waals surface area (Å²) >= 11 is 0. The lowest BCUT2D eigenvalue weighted by Gasteiger charge is -2.10. The summed E-state index contributed by atoms with van der Waals surface area (Å²) in [5.41, 5.74) is 2.09. The molecule has 0 fully saturated rings. The molecule has 5 N–H and O–H groups in total. The van der Waals surface area contributed by atoms with Gasteiger partial charge in [-0.25, -0.2) is 10.1 Å². The van der Waals surface area contributed by atoms with E-state index in [1.165, 1.54) is 4.72 Å². The van der Waals surface area contributed by atoms with Gasteiger partial charge in [-0.3, -0.25) is 15.2 Å². The van der Waals surface area contributed by atoms with E-state index >= 15 is 0 Å². The van der Waals surface area contributed by atoms with E-state index in [9.17, 15) is 13.2 Å². The highest BCUT2D eigenvalue weighted by Crippen LogP contribution is 1.89. The van der Waals surface area contributed by atoms with E-state index in [0.717, 1.165) is 0 Å². The number of rotatable bonds is 4. The highest BCUT2D eigenvalue weighted by atomic mass is 32.2. The molecule has 0 aromatic heterocycles. The minimum absolute atomic E-state index is 0.317. The van der Waals surface area contributed by atoms with E-state index in [-0.39, 0.29) is 0 Å². The third kappa shape index (κ3) is 4.23. The molecule has 0 heterocycles. The van der Waals surface area contributed by atoms with E-state index in [4.69, 9.17) is 10.4 Å². The Balaban J connectivity index is 4.21. The van der Waals surface area contributed by atoms with Crippen molar-refractivity contribution in [1.29, 1.82) is 0 Å². The van der Waals surface area contributed by atoms with Crippen molar-refractivity contribution in [1.82, 2.24) is 10.1 Å². The van der Waals surface area contributed by atoms with Gasteiger partial charge < -0.3 is 0 Å². The number of amides is 1. The summed E-state index contributed by atoms with van der Waals surface area (Å²) in [5.74, 6) is 4.03. The van der Waals surface area contributed by atoms with Crippen molar-refractivity contribution in [2.45, 2.75) is 19.4 Å². The maximum Gasteiger partial charge on any atom is 0.359 e. The summed E-state index contributed by atoms with van der Waals surface area (Å²) in [5, 5.41) is 0. The van der Waals surface area contributed by atoms with Crippen molar-refractivity contribution in [2.75, 3.05) is 0 Å². The van der Waals surface area contributed by atoms with Crippen molar-refractivity contribution < 1.29 is 17.8 Å². The number of carbonyl (C=O) groups is 1. The van der Waals surface area contributed by atoms with Gasteiger partial charge in [0.25, 0.3) is 5.91 Å². The number of nitrogens with two attached hydrogens (primary N) is 1. The highest BCUT2D eigenvalue weighted by molar-refractivity contribution is 7.84. The highest BCUT2D eigenvalue weighted by Gasteiger charge is 2.18. The molecule has 0 radical (unpaired) electrons. The van der Waals surface area contributed by atoms with Crippen LogP contribution in [0.15, 0.2) is 0 Å². The number of hydrogen-bond acceptors (Lipinski definition) is 5. The normalized spacial score (nSPS) is 13.9. The first kappa shape index (κ1) is 11.3. The molecular formula is C4H11N3O4S. The number of hydrazine groups is 1. The number of hydrogen-bond donors (Lipinski definition) is 4. The van der Waals surface area contributed by atoms with Crippen LogP contribution in [0.3, 0.4) is 0 Å². The monoisotopic (exact) mass is 197 g/mol. The molecule has 8 heteroatoms. The summed E-state index contributed by atoms with van der Waals surface area (Å²) in [6.07, 6.45) is 0.317. The zero-order valence-electron chi connectivity index (χ0n) is 6.44. The van der Waals surface area contributed by atoms with Crippen molar-refractivity contribution in [2.24, 2.45) is 5.84 Å². The molecule has 0 aliphatic carbocycles. The number of nitrogens with one attached hydrogen (secondary N) is 2. The SMILES string of the molecule is CCC(NN)C(=O)NS(=O)(=O)O. The van der Waals surface area contributed by atoms with Crippen LogP contribution < -0.4 is 16.0 Å². The third-order valence-corrected chi connectivity index (χ3v) is 1.61. The predicted molar refractivity (Wildman–Crippen MR) is 41.1 cm³/mol. The molecule has 0 bridgehead atoms. The fraction of sp³-hybridized carbons (Fsp3) is 0.750. The van der Waals surface area contributed by atoms with Crippen LogP contribution in [0.2, 0.25) is 0 Å². The molecule has 0 spiro atoms. The zero-order valence-corrected chi connectivity index (χ0v) is 7.26. The second-order valence-corrected chi connectivity index (χ2v) is 3.22. The Bertz CT molecular complexity index is 245. The third-order valence-electron chi connectivity index (χ3n) is 1.16. The van der Waals surface area contributed by atoms with Gasteiger partial charge in [-0.1, -0.05) is 6.92 Å². The van der Waals surface area contributed by atoms with E-state index in [0.29, 0.717) is 6.42 Å². The molecule has 1 atom stereocenters. The van der Waals surface area contributed by atoms with Crippen molar-refractivity contribution in [3.8, 4) is 0 Å². The summed E-state index contributed by atoms with van der Waals surface area (Å²) in [6, 6.07) is -0.827. The van der Waals surface area contributed by atoms with Crippen molar-refractivity contribution in [3.05, 3.63) is 0 Å². The van der Waals surface area contributed by atoms with Gasteiger partial charge in [0, 0.05) is 0 Å². The predicted octanol–water partition coefficient (Wildman–Crippen LogP) is -1.85. The largest absolute Gasteiger partial charge is 0.359 e. The van der Waals surface area contributed by atoms with Gasteiger partial charge in [0.15, 0.2) is 0 Å². The van der Waals surface area contributed by atoms with Crippen LogP contribution in [0.5, 0.6) is 0 Å². The molecule has 0 saturated heterocycles. The minimum atomic E-state index is -4.48. The molecule has 1 unspecified atom stereocenters. The maximum atomic E-state index is 10.8. The summed E-state index contributed by atoms with van der Waals surface area (Å²) in [6.45, 7) is 1.63. The second kappa shape index (κ2) is 4.36. The Morgan fingerprint density at radius 2 is 2.17 bits per heavy atom. The lowest BCUT2D eigenvalue weighted by Crippen LogP contribution is -2.48. The van der Waals surface area contributed by atoms with E-state index < -0.39 is 22.3 Å². The van der Waals surface area contributed by atoms with Gasteiger partial charge in [-0.15, -0.1) is 0 Å². The molecule has 0 aliphatic heterocycles. The van der Waals surface area contributed by atoms with Gasteiger partial charge in [0.1, 0.15) is 6.04 Å². The average molecular weight is 197 g/mol. The van der Waals surface area contributed by atoms with Crippen molar-refractivity contribution in [3.63, 3.8) is 0 Å². The molecule has 0 aromatic carbocycles. The van der Waals surface area contributed by atoms with Gasteiger partial charge in [0.2, 0.25) is 0 Å². The molecule has 7 nitrogen and oxygen atoms in total.